The molecule has 1 amide bonds. The molecule has 0 spiro atoms. The van der Waals surface area contributed by atoms with E-state index >= 15 is 0 Å². The molecule has 170 valence electrons. The van der Waals surface area contributed by atoms with Gasteiger partial charge in [-0.15, -0.1) is 0 Å². The first-order valence-electron chi connectivity index (χ1n) is 9.66. The fourth-order valence-corrected chi connectivity index (χ4v) is 3.38. The Morgan fingerprint density at radius 1 is 1.18 bits per heavy atom. The Morgan fingerprint density at radius 2 is 1.94 bits per heavy atom. The monoisotopic (exact) mass is 462 g/mol. The summed E-state index contributed by atoms with van der Waals surface area (Å²) in [6.45, 7) is 0.881. The van der Waals surface area contributed by atoms with E-state index in [-0.39, 0.29) is 35.7 Å². The number of nitriles is 1. The van der Waals surface area contributed by atoms with Crippen LogP contribution in [-0.2, 0) is 13.1 Å². The number of rotatable bonds is 4. The van der Waals surface area contributed by atoms with Crippen molar-refractivity contribution >= 4 is 5.91 Å². The number of alkyl halides is 3. The van der Waals surface area contributed by atoms with Crippen molar-refractivity contribution in [1.82, 2.24) is 14.7 Å². The number of hydrogen-bond donors (Lipinski definition) is 0. The molecule has 4 rings (SSSR count). The Morgan fingerprint density at radius 3 is 2.58 bits per heavy atom. The Balaban J connectivity index is 1.58. The fourth-order valence-electron chi connectivity index (χ4n) is 3.38. The van der Waals surface area contributed by atoms with Gasteiger partial charge >= 0.3 is 6.18 Å². The third-order valence-electron chi connectivity index (χ3n) is 5.13. The molecular weight excluding hydrogens is 447 g/mol. The van der Waals surface area contributed by atoms with Crippen molar-refractivity contribution < 1.29 is 31.5 Å². The summed E-state index contributed by atoms with van der Waals surface area (Å²) in [6.07, 6.45) is -5.31. The van der Waals surface area contributed by atoms with Crippen LogP contribution in [0.5, 0.6) is 5.75 Å². The van der Waals surface area contributed by atoms with Crippen molar-refractivity contribution in [3.8, 4) is 17.5 Å². The number of nitrogens with zero attached hydrogens (tertiary/aromatic N) is 4. The summed E-state index contributed by atoms with van der Waals surface area (Å²) >= 11 is 0. The van der Waals surface area contributed by atoms with Crippen LogP contribution in [-0.4, -0.2) is 32.9 Å². The van der Waals surface area contributed by atoms with Gasteiger partial charge < -0.3 is 9.64 Å². The molecule has 2 aromatic carbocycles. The zero-order valence-electron chi connectivity index (χ0n) is 17.0. The number of amides is 1. The van der Waals surface area contributed by atoms with Gasteiger partial charge in [0, 0.05) is 24.4 Å². The summed E-state index contributed by atoms with van der Waals surface area (Å²) in [5, 5.41) is 13.4. The SMILES string of the molecule is C[C@H](Oc1ccc(C#N)cc1C(=O)N1Cc2cn(-c3ccc(F)cc3F)nc2C1)C(F)(F)F. The van der Waals surface area contributed by atoms with Gasteiger partial charge in [-0.2, -0.15) is 23.5 Å². The summed E-state index contributed by atoms with van der Waals surface area (Å²) in [7, 11) is 0. The van der Waals surface area contributed by atoms with E-state index in [1.807, 2.05) is 6.07 Å². The molecule has 33 heavy (non-hydrogen) atoms. The summed E-state index contributed by atoms with van der Waals surface area (Å²) < 4.78 is 72.2. The van der Waals surface area contributed by atoms with E-state index in [9.17, 15) is 26.7 Å². The first-order chi connectivity index (χ1) is 15.6. The third kappa shape index (κ3) is 4.37. The summed E-state index contributed by atoms with van der Waals surface area (Å²) in [4.78, 5) is 14.4. The van der Waals surface area contributed by atoms with Gasteiger partial charge in [-0.3, -0.25) is 4.79 Å². The fraction of sp³-hybridized carbons (Fsp3) is 0.227. The number of carbonyl (C=O) groups is 1. The Hall–Kier alpha value is -3.94. The smallest absolute Gasteiger partial charge is 0.425 e. The van der Waals surface area contributed by atoms with Crippen molar-refractivity contribution in [2.24, 2.45) is 0 Å². The molecule has 0 unspecified atom stereocenters. The maximum atomic E-state index is 14.0. The predicted molar refractivity (Wildman–Crippen MR) is 104 cm³/mol. The molecule has 0 N–H and O–H groups in total. The minimum absolute atomic E-state index is 0.00895. The van der Waals surface area contributed by atoms with Crippen molar-refractivity contribution in [1.29, 1.82) is 5.26 Å². The van der Waals surface area contributed by atoms with Crippen LogP contribution in [0.3, 0.4) is 0 Å². The van der Waals surface area contributed by atoms with E-state index in [1.54, 1.807) is 0 Å². The summed E-state index contributed by atoms with van der Waals surface area (Å²) in [5.41, 5.74) is 0.971. The molecule has 6 nitrogen and oxygen atoms in total. The molecule has 0 aliphatic carbocycles. The maximum Gasteiger partial charge on any atom is 0.425 e. The van der Waals surface area contributed by atoms with Crippen LogP contribution in [0.1, 0.15) is 34.1 Å². The molecular formula is C22H15F5N4O2. The van der Waals surface area contributed by atoms with Crippen LogP contribution in [0.2, 0.25) is 0 Å². The summed E-state index contributed by atoms with van der Waals surface area (Å²) in [5.74, 6) is -2.48. The van der Waals surface area contributed by atoms with E-state index in [4.69, 9.17) is 10.00 Å². The molecule has 0 fully saturated rings. The maximum absolute atomic E-state index is 14.0. The molecule has 3 aromatic rings. The van der Waals surface area contributed by atoms with E-state index in [0.717, 1.165) is 25.1 Å². The minimum Gasteiger partial charge on any atom is -0.480 e. The second kappa shape index (κ2) is 8.20. The first kappa shape index (κ1) is 22.3. The lowest BCUT2D eigenvalue weighted by Crippen LogP contribution is -2.32. The second-order valence-corrected chi connectivity index (χ2v) is 7.43. The van der Waals surface area contributed by atoms with E-state index in [2.05, 4.69) is 5.10 Å². The Kier molecular flexibility index (Phi) is 5.53. The molecule has 11 heteroatoms. The van der Waals surface area contributed by atoms with Crippen LogP contribution in [0.15, 0.2) is 42.6 Å². The highest BCUT2D eigenvalue weighted by Gasteiger charge is 2.39. The van der Waals surface area contributed by atoms with Gasteiger partial charge in [-0.1, -0.05) is 0 Å². The number of benzene rings is 2. The highest BCUT2D eigenvalue weighted by Crippen LogP contribution is 2.31. The number of hydrogen-bond acceptors (Lipinski definition) is 4. The van der Waals surface area contributed by atoms with Crippen LogP contribution in [0.4, 0.5) is 22.0 Å². The first-order valence-corrected chi connectivity index (χ1v) is 9.66. The summed E-state index contributed by atoms with van der Waals surface area (Å²) in [6, 6.07) is 8.48. The van der Waals surface area contributed by atoms with Crippen LogP contribution in [0, 0.1) is 23.0 Å². The molecule has 1 aromatic heterocycles. The lowest BCUT2D eigenvalue weighted by Gasteiger charge is -2.22. The third-order valence-corrected chi connectivity index (χ3v) is 5.13. The average molecular weight is 462 g/mol. The largest absolute Gasteiger partial charge is 0.480 e. The zero-order valence-corrected chi connectivity index (χ0v) is 17.0. The number of halogens is 5. The van der Waals surface area contributed by atoms with Crippen molar-refractivity contribution in [2.45, 2.75) is 32.3 Å². The topological polar surface area (TPSA) is 71.2 Å². The van der Waals surface area contributed by atoms with Crippen molar-refractivity contribution in [3.05, 3.63) is 76.6 Å². The van der Waals surface area contributed by atoms with Crippen molar-refractivity contribution in [2.75, 3.05) is 0 Å². The van der Waals surface area contributed by atoms with Gasteiger partial charge in [0.15, 0.2) is 11.9 Å². The normalized spacial score (nSPS) is 14.0. The van der Waals surface area contributed by atoms with E-state index < -0.39 is 29.8 Å². The molecule has 0 saturated carbocycles. The van der Waals surface area contributed by atoms with Gasteiger partial charge in [0.05, 0.1) is 29.4 Å². The highest BCUT2D eigenvalue weighted by atomic mass is 19.4. The van der Waals surface area contributed by atoms with Gasteiger partial charge in [0.1, 0.15) is 17.3 Å². The number of ether oxygens (including phenoxy) is 1. The van der Waals surface area contributed by atoms with Crippen molar-refractivity contribution in [3.63, 3.8) is 0 Å². The molecule has 0 saturated heterocycles. The zero-order chi connectivity index (χ0) is 23.9. The second-order valence-electron chi connectivity index (χ2n) is 7.43. The average Bonchev–Trinajstić information content (AvgIpc) is 3.32. The predicted octanol–water partition coefficient (Wildman–Crippen LogP) is 4.51. The van der Waals surface area contributed by atoms with Gasteiger partial charge in [0.25, 0.3) is 5.91 Å². The lowest BCUT2D eigenvalue weighted by atomic mass is 10.1. The van der Waals surface area contributed by atoms with Gasteiger partial charge in [-0.25, -0.2) is 13.5 Å². The molecule has 2 heterocycles. The van der Waals surface area contributed by atoms with Gasteiger partial charge in [-0.05, 0) is 37.3 Å². The lowest BCUT2D eigenvalue weighted by molar-refractivity contribution is -0.189. The standard InChI is InChI=1S/C22H15F5N4O2/c1-12(22(25,26)27)33-20-5-2-13(8-28)6-16(20)21(32)30-9-14-10-31(29-18(14)11-30)19-4-3-15(23)7-17(19)24/h2-7,10,12H,9,11H2,1H3/t12-/m0/s1. The molecule has 0 bridgehead atoms. The number of aromatic nitrogens is 2. The van der Waals surface area contributed by atoms with Crippen LogP contribution >= 0.6 is 0 Å². The quantitative estimate of drug-likeness (QED) is 0.535. The molecule has 1 aliphatic heterocycles. The van der Waals surface area contributed by atoms with Gasteiger partial charge in [0.2, 0.25) is 0 Å². The number of carbonyl (C=O) groups excluding carboxylic acids is 1. The van der Waals surface area contributed by atoms with Crippen LogP contribution in [0.25, 0.3) is 5.69 Å². The van der Waals surface area contributed by atoms with Crippen LogP contribution < -0.4 is 4.74 Å². The Labute approximate surface area is 184 Å². The highest BCUT2D eigenvalue weighted by molar-refractivity contribution is 5.97. The minimum atomic E-state index is -4.64. The molecule has 1 aliphatic rings. The molecule has 1 atom stereocenters. The van der Waals surface area contributed by atoms with E-state index in [1.165, 1.54) is 34.0 Å². The number of fused-ring (bicyclic) bond motifs is 1. The molecule has 0 radical (unpaired) electrons. The Bertz CT molecular complexity index is 1260. The van der Waals surface area contributed by atoms with E-state index in [0.29, 0.717) is 11.3 Å².